The quantitative estimate of drug-likeness (QED) is 0.798. The van der Waals surface area contributed by atoms with Crippen molar-refractivity contribution in [3.05, 3.63) is 69.1 Å². The van der Waals surface area contributed by atoms with E-state index in [1.807, 2.05) is 57.3 Å². The number of carbonyl (C=O) groups excluding carboxylic acids is 2. The third kappa shape index (κ3) is 4.81. The van der Waals surface area contributed by atoms with E-state index in [1.165, 1.54) is 0 Å². The summed E-state index contributed by atoms with van der Waals surface area (Å²) in [5, 5.41) is 2.99. The van der Waals surface area contributed by atoms with E-state index in [0.717, 1.165) is 16.7 Å². The molecule has 6 nitrogen and oxygen atoms in total. The van der Waals surface area contributed by atoms with Gasteiger partial charge in [0.15, 0.2) is 0 Å². The monoisotopic (exact) mass is 409 g/mol. The fourth-order valence-electron chi connectivity index (χ4n) is 3.72. The van der Waals surface area contributed by atoms with Gasteiger partial charge in [-0.15, -0.1) is 0 Å². The van der Waals surface area contributed by atoms with Crippen LogP contribution in [-0.2, 0) is 30.7 Å². The SMILES string of the molecule is CC(=O)N1CCc2c(cn(CCc3ccccc3)c(=O)c2C(=O)NC(C)C(C)C)C1. The number of nitrogens with zero attached hydrogens (tertiary/aromatic N) is 2. The molecule has 160 valence electrons. The van der Waals surface area contributed by atoms with Crippen molar-refractivity contribution < 1.29 is 9.59 Å². The number of amides is 2. The summed E-state index contributed by atoms with van der Waals surface area (Å²) in [7, 11) is 0. The zero-order valence-electron chi connectivity index (χ0n) is 18.3. The molecule has 0 bridgehead atoms. The van der Waals surface area contributed by atoms with Gasteiger partial charge in [-0.3, -0.25) is 14.4 Å². The highest BCUT2D eigenvalue weighted by Gasteiger charge is 2.27. The van der Waals surface area contributed by atoms with E-state index in [2.05, 4.69) is 5.32 Å². The number of benzene rings is 1. The predicted molar refractivity (Wildman–Crippen MR) is 117 cm³/mol. The van der Waals surface area contributed by atoms with Crippen molar-refractivity contribution >= 4 is 11.8 Å². The lowest BCUT2D eigenvalue weighted by Gasteiger charge is -2.30. The molecule has 1 atom stereocenters. The molecule has 0 saturated heterocycles. The normalized spacial score (nSPS) is 14.4. The Morgan fingerprint density at radius 1 is 1.13 bits per heavy atom. The van der Waals surface area contributed by atoms with Crippen LogP contribution in [-0.4, -0.2) is 33.9 Å². The number of rotatable bonds is 6. The highest BCUT2D eigenvalue weighted by atomic mass is 16.2. The van der Waals surface area contributed by atoms with Gasteiger partial charge in [-0.1, -0.05) is 44.2 Å². The number of carbonyl (C=O) groups is 2. The zero-order chi connectivity index (χ0) is 21.8. The van der Waals surface area contributed by atoms with Crippen LogP contribution in [0.3, 0.4) is 0 Å². The van der Waals surface area contributed by atoms with Crippen LogP contribution < -0.4 is 10.9 Å². The summed E-state index contributed by atoms with van der Waals surface area (Å²) in [6, 6.07) is 9.92. The van der Waals surface area contributed by atoms with Gasteiger partial charge in [-0.05, 0) is 42.4 Å². The number of aromatic nitrogens is 1. The van der Waals surface area contributed by atoms with Crippen LogP contribution in [0, 0.1) is 5.92 Å². The number of pyridine rings is 1. The minimum Gasteiger partial charge on any atom is -0.349 e. The van der Waals surface area contributed by atoms with Gasteiger partial charge in [0, 0.05) is 38.8 Å². The summed E-state index contributed by atoms with van der Waals surface area (Å²) in [6.45, 7) is 9.00. The summed E-state index contributed by atoms with van der Waals surface area (Å²) >= 11 is 0. The van der Waals surface area contributed by atoms with Gasteiger partial charge in [-0.25, -0.2) is 0 Å². The minimum absolute atomic E-state index is 0.00196. The molecule has 6 heteroatoms. The van der Waals surface area contributed by atoms with Crippen molar-refractivity contribution in [3.63, 3.8) is 0 Å². The lowest BCUT2D eigenvalue weighted by atomic mass is 9.95. The first-order valence-electron chi connectivity index (χ1n) is 10.6. The highest BCUT2D eigenvalue weighted by Crippen LogP contribution is 2.21. The average molecular weight is 410 g/mol. The van der Waals surface area contributed by atoms with Crippen LogP contribution in [0.15, 0.2) is 41.3 Å². The number of hydrogen-bond acceptors (Lipinski definition) is 3. The van der Waals surface area contributed by atoms with Gasteiger partial charge in [0.25, 0.3) is 11.5 Å². The maximum Gasteiger partial charge on any atom is 0.263 e. The van der Waals surface area contributed by atoms with Crippen molar-refractivity contribution in [3.8, 4) is 0 Å². The van der Waals surface area contributed by atoms with E-state index in [-0.39, 0.29) is 34.9 Å². The molecule has 2 heterocycles. The summed E-state index contributed by atoms with van der Waals surface area (Å²) < 4.78 is 1.63. The topological polar surface area (TPSA) is 71.4 Å². The molecular weight excluding hydrogens is 378 g/mol. The van der Waals surface area contributed by atoms with Crippen molar-refractivity contribution in [2.75, 3.05) is 6.54 Å². The lowest BCUT2D eigenvalue weighted by Crippen LogP contribution is -2.43. The Balaban J connectivity index is 1.98. The van der Waals surface area contributed by atoms with Crippen LogP contribution in [0.25, 0.3) is 0 Å². The smallest absolute Gasteiger partial charge is 0.263 e. The van der Waals surface area contributed by atoms with E-state index in [4.69, 9.17) is 0 Å². The molecule has 2 aromatic rings. The molecule has 0 saturated carbocycles. The van der Waals surface area contributed by atoms with Crippen LogP contribution >= 0.6 is 0 Å². The second-order valence-corrected chi connectivity index (χ2v) is 8.44. The number of fused-ring (bicyclic) bond motifs is 1. The summed E-state index contributed by atoms with van der Waals surface area (Å²) in [5.74, 6) is -0.0492. The molecule has 1 aliphatic heterocycles. The zero-order valence-corrected chi connectivity index (χ0v) is 18.3. The molecule has 30 heavy (non-hydrogen) atoms. The Labute approximate surface area is 177 Å². The Morgan fingerprint density at radius 2 is 1.83 bits per heavy atom. The molecule has 1 aromatic carbocycles. The number of nitrogens with one attached hydrogen (secondary N) is 1. The summed E-state index contributed by atoms with van der Waals surface area (Å²) in [5.41, 5.74) is 2.77. The molecule has 1 aliphatic rings. The molecule has 0 spiro atoms. The fraction of sp³-hybridized carbons (Fsp3) is 0.458. The molecule has 0 fully saturated rings. The molecule has 2 amide bonds. The molecular formula is C24H31N3O3. The van der Waals surface area contributed by atoms with E-state index in [1.54, 1.807) is 16.4 Å². The fourth-order valence-corrected chi connectivity index (χ4v) is 3.72. The van der Waals surface area contributed by atoms with Gasteiger partial charge in [0.1, 0.15) is 5.56 Å². The number of aryl methyl sites for hydroxylation is 2. The summed E-state index contributed by atoms with van der Waals surface area (Å²) in [4.78, 5) is 40.0. The first kappa shape index (κ1) is 21.8. The summed E-state index contributed by atoms with van der Waals surface area (Å²) in [6.07, 6.45) is 3.04. The minimum atomic E-state index is -0.317. The molecule has 0 aliphatic carbocycles. The molecule has 1 unspecified atom stereocenters. The van der Waals surface area contributed by atoms with E-state index in [9.17, 15) is 14.4 Å². The first-order chi connectivity index (χ1) is 14.3. The van der Waals surface area contributed by atoms with Crippen molar-refractivity contribution in [1.82, 2.24) is 14.8 Å². The van der Waals surface area contributed by atoms with Crippen LogP contribution in [0.1, 0.15) is 54.7 Å². The molecule has 1 N–H and O–H groups in total. The third-order valence-corrected chi connectivity index (χ3v) is 5.98. The Kier molecular flexibility index (Phi) is 6.75. The maximum atomic E-state index is 13.3. The Hall–Kier alpha value is -2.89. The van der Waals surface area contributed by atoms with E-state index < -0.39 is 0 Å². The maximum absolute atomic E-state index is 13.3. The van der Waals surface area contributed by atoms with Gasteiger partial charge >= 0.3 is 0 Å². The number of hydrogen-bond donors (Lipinski definition) is 1. The van der Waals surface area contributed by atoms with Gasteiger partial charge in [-0.2, -0.15) is 0 Å². The van der Waals surface area contributed by atoms with Gasteiger partial charge in [0.05, 0.1) is 0 Å². The standard InChI is InChI=1S/C24H31N3O3/c1-16(2)17(3)25-23(29)22-21-11-13-26(18(4)28)14-20(21)15-27(24(22)30)12-10-19-8-6-5-7-9-19/h5-9,15-17H,10-14H2,1-4H3,(H,25,29). The molecule has 1 aromatic heterocycles. The largest absolute Gasteiger partial charge is 0.349 e. The Morgan fingerprint density at radius 3 is 2.47 bits per heavy atom. The van der Waals surface area contributed by atoms with Crippen molar-refractivity contribution in [2.24, 2.45) is 5.92 Å². The van der Waals surface area contributed by atoms with Crippen molar-refractivity contribution in [1.29, 1.82) is 0 Å². The van der Waals surface area contributed by atoms with Crippen LogP contribution in [0.4, 0.5) is 0 Å². The van der Waals surface area contributed by atoms with Gasteiger partial charge in [0.2, 0.25) is 5.91 Å². The second kappa shape index (κ2) is 9.28. The van der Waals surface area contributed by atoms with E-state index in [0.29, 0.717) is 32.5 Å². The van der Waals surface area contributed by atoms with Gasteiger partial charge < -0.3 is 14.8 Å². The van der Waals surface area contributed by atoms with E-state index >= 15 is 0 Å². The lowest BCUT2D eigenvalue weighted by molar-refractivity contribution is -0.129. The first-order valence-corrected chi connectivity index (χ1v) is 10.6. The highest BCUT2D eigenvalue weighted by molar-refractivity contribution is 5.96. The molecule has 3 rings (SSSR count). The second-order valence-electron chi connectivity index (χ2n) is 8.44. The Bertz CT molecular complexity index is 979. The van der Waals surface area contributed by atoms with Crippen LogP contribution in [0.5, 0.6) is 0 Å². The molecule has 0 radical (unpaired) electrons. The van der Waals surface area contributed by atoms with Crippen LogP contribution in [0.2, 0.25) is 0 Å². The predicted octanol–water partition coefficient (Wildman–Crippen LogP) is 2.77. The van der Waals surface area contributed by atoms with Crippen molar-refractivity contribution in [2.45, 2.75) is 59.7 Å². The average Bonchev–Trinajstić information content (AvgIpc) is 2.72. The third-order valence-electron chi connectivity index (χ3n) is 5.98.